The molecule has 0 radical (unpaired) electrons. The van der Waals surface area contributed by atoms with Crippen LogP contribution in [0.5, 0.6) is 0 Å². The van der Waals surface area contributed by atoms with Gasteiger partial charge in [-0.3, -0.25) is 0 Å². The van der Waals surface area contributed by atoms with Crippen molar-refractivity contribution < 1.29 is 13.6 Å². The highest BCUT2D eigenvalue weighted by Gasteiger charge is 2.09. The molecule has 0 unspecified atom stereocenters. The summed E-state index contributed by atoms with van der Waals surface area (Å²) in [7, 11) is 0. The van der Waals surface area contributed by atoms with Crippen LogP contribution in [0.3, 0.4) is 0 Å². The van der Waals surface area contributed by atoms with E-state index < -0.39 is 0 Å². The van der Waals surface area contributed by atoms with Crippen molar-refractivity contribution in [1.82, 2.24) is 10.2 Å². The molecule has 0 aliphatic heterocycles. The van der Waals surface area contributed by atoms with E-state index in [2.05, 4.69) is 15.4 Å². The van der Waals surface area contributed by atoms with Crippen LogP contribution in [0.4, 0.5) is 4.39 Å². The summed E-state index contributed by atoms with van der Waals surface area (Å²) < 4.78 is 18.3. The second-order valence-corrected chi connectivity index (χ2v) is 5.44. The van der Waals surface area contributed by atoms with Gasteiger partial charge in [0, 0.05) is 11.1 Å². The van der Waals surface area contributed by atoms with Gasteiger partial charge in [0.2, 0.25) is 5.89 Å². The molecule has 0 saturated heterocycles. The van der Waals surface area contributed by atoms with Crippen molar-refractivity contribution in [1.29, 1.82) is 0 Å². The number of hydrogen-bond acceptors (Lipinski definition) is 5. The Hall–Kier alpha value is -2.44. The van der Waals surface area contributed by atoms with E-state index in [0.29, 0.717) is 21.2 Å². The third-order valence-electron chi connectivity index (χ3n) is 2.99. The predicted octanol–water partition coefficient (Wildman–Crippen LogP) is 4.73. The highest BCUT2D eigenvalue weighted by atomic mass is 35.5. The van der Waals surface area contributed by atoms with E-state index in [-0.39, 0.29) is 24.2 Å². The summed E-state index contributed by atoms with van der Waals surface area (Å²) >= 11 is 11.9. The lowest BCUT2D eigenvalue weighted by Crippen LogP contribution is -1.89. The third-order valence-corrected chi connectivity index (χ3v) is 3.83. The molecule has 8 heteroatoms. The molecule has 0 amide bonds. The molecule has 1 aromatic heterocycles. The molecule has 0 aliphatic rings. The maximum Gasteiger partial charge on any atom is 0.257 e. The Morgan fingerprint density at radius 1 is 1.12 bits per heavy atom. The van der Waals surface area contributed by atoms with E-state index in [1.165, 1.54) is 18.3 Å². The minimum absolute atomic E-state index is 0.0110. The molecule has 2 aromatic carbocycles. The Balaban J connectivity index is 1.60. The Bertz CT molecular complexity index is 866. The average molecular weight is 366 g/mol. The fraction of sp³-hybridized carbons (Fsp3) is 0.0625. The molecule has 3 rings (SSSR count). The zero-order valence-corrected chi connectivity index (χ0v) is 13.6. The molecule has 5 nitrogen and oxygen atoms in total. The minimum atomic E-state index is -0.337. The topological polar surface area (TPSA) is 60.5 Å². The number of oxime groups is 1. The lowest BCUT2D eigenvalue weighted by atomic mass is 10.2. The normalized spacial score (nSPS) is 11.1. The Kier molecular flexibility index (Phi) is 5.08. The molecular formula is C16H10Cl2FN3O2. The van der Waals surface area contributed by atoms with Crippen molar-refractivity contribution in [2.24, 2.45) is 5.16 Å². The minimum Gasteiger partial charge on any atom is -0.417 e. The van der Waals surface area contributed by atoms with Gasteiger partial charge in [0.1, 0.15) is 5.82 Å². The molecule has 0 aliphatic carbocycles. The lowest BCUT2D eigenvalue weighted by Gasteiger charge is -1.99. The van der Waals surface area contributed by atoms with Crippen LogP contribution in [0.2, 0.25) is 10.0 Å². The SMILES string of the molecule is Fc1ccc(-c2nnc(CO/N=C/c3cccc(Cl)c3Cl)o2)cc1. The van der Waals surface area contributed by atoms with E-state index in [1.54, 1.807) is 30.3 Å². The smallest absolute Gasteiger partial charge is 0.257 e. The number of rotatable bonds is 5. The first-order valence-electron chi connectivity index (χ1n) is 6.81. The Morgan fingerprint density at radius 3 is 2.71 bits per heavy atom. The average Bonchev–Trinajstić information content (AvgIpc) is 3.05. The van der Waals surface area contributed by atoms with Crippen LogP contribution >= 0.6 is 23.2 Å². The molecule has 0 N–H and O–H groups in total. The highest BCUT2D eigenvalue weighted by molar-refractivity contribution is 6.43. The van der Waals surface area contributed by atoms with Crippen LogP contribution in [0.25, 0.3) is 11.5 Å². The molecule has 0 saturated carbocycles. The van der Waals surface area contributed by atoms with Crippen LogP contribution < -0.4 is 0 Å². The number of halogens is 3. The van der Waals surface area contributed by atoms with Gasteiger partial charge in [-0.15, -0.1) is 10.2 Å². The van der Waals surface area contributed by atoms with Crippen molar-refractivity contribution in [3.05, 3.63) is 69.8 Å². The van der Waals surface area contributed by atoms with Gasteiger partial charge in [-0.25, -0.2) is 4.39 Å². The zero-order chi connectivity index (χ0) is 16.9. The largest absolute Gasteiger partial charge is 0.417 e. The summed E-state index contributed by atoms with van der Waals surface area (Å²) in [5.74, 6) is 0.176. The fourth-order valence-corrected chi connectivity index (χ4v) is 2.18. The van der Waals surface area contributed by atoms with Crippen molar-refractivity contribution in [2.45, 2.75) is 6.61 Å². The first-order chi connectivity index (χ1) is 11.6. The molecule has 1 heterocycles. The molecular weight excluding hydrogens is 356 g/mol. The van der Waals surface area contributed by atoms with Crippen LogP contribution in [0.15, 0.2) is 52.0 Å². The maximum atomic E-state index is 12.9. The highest BCUT2D eigenvalue weighted by Crippen LogP contribution is 2.24. The first-order valence-corrected chi connectivity index (χ1v) is 7.57. The summed E-state index contributed by atoms with van der Waals surface area (Å²) in [5, 5.41) is 12.3. The number of aromatic nitrogens is 2. The van der Waals surface area contributed by atoms with Gasteiger partial charge in [-0.1, -0.05) is 40.5 Å². The summed E-state index contributed by atoms with van der Waals surface area (Å²) in [5.41, 5.74) is 1.24. The lowest BCUT2D eigenvalue weighted by molar-refractivity contribution is 0.112. The Labute approximate surface area is 146 Å². The maximum absolute atomic E-state index is 12.9. The molecule has 0 fully saturated rings. The number of benzene rings is 2. The van der Waals surface area contributed by atoms with Gasteiger partial charge < -0.3 is 9.25 Å². The standard InChI is InChI=1S/C16H10Cl2FN3O2/c17-13-3-1-2-11(15(13)18)8-20-23-9-14-21-22-16(24-14)10-4-6-12(19)7-5-10/h1-8H,9H2/b20-8+. The van der Waals surface area contributed by atoms with Crippen molar-refractivity contribution in [3.8, 4) is 11.5 Å². The molecule has 3 aromatic rings. The number of nitrogens with zero attached hydrogens (tertiary/aromatic N) is 3. The fourth-order valence-electron chi connectivity index (χ4n) is 1.83. The summed E-state index contributed by atoms with van der Waals surface area (Å²) in [6, 6.07) is 10.9. The quantitative estimate of drug-likeness (QED) is 0.484. The molecule has 24 heavy (non-hydrogen) atoms. The molecule has 0 atom stereocenters. The van der Waals surface area contributed by atoms with Gasteiger partial charge in [-0.2, -0.15) is 0 Å². The van der Waals surface area contributed by atoms with Gasteiger partial charge in [-0.05, 0) is 30.3 Å². The summed E-state index contributed by atoms with van der Waals surface area (Å²) in [6.07, 6.45) is 1.44. The monoisotopic (exact) mass is 365 g/mol. The van der Waals surface area contributed by atoms with Crippen LogP contribution in [-0.4, -0.2) is 16.4 Å². The zero-order valence-electron chi connectivity index (χ0n) is 12.1. The molecule has 0 bridgehead atoms. The van der Waals surface area contributed by atoms with E-state index >= 15 is 0 Å². The van der Waals surface area contributed by atoms with Crippen LogP contribution in [-0.2, 0) is 11.4 Å². The van der Waals surface area contributed by atoms with E-state index in [9.17, 15) is 4.39 Å². The van der Waals surface area contributed by atoms with E-state index in [4.69, 9.17) is 32.5 Å². The second-order valence-electron chi connectivity index (χ2n) is 4.66. The van der Waals surface area contributed by atoms with Crippen LogP contribution in [0, 0.1) is 5.82 Å². The molecule has 122 valence electrons. The van der Waals surface area contributed by atoms with Crippen molar-refractivity contribution in [2.75, 3.05) is 0 Å². The van der Waals surface area contributed by atoms with Gasteiger partial charge in [0.05, 0.1) is 16.3 Å². The number of hydrogen-bond donors (Lipinski definition) is 0. The second kappa shape index (κ2) is 7.42. The predicted molar refractivity (Wildman–Crippen MR) is 88.5 cm³/mol. The van der Waals surface area contributed by atoms with Gasteiger partial charge in [0.15, 0.2) is 6.61 Å². The van der Waals surface area contributed by atoms with Gasteiger partial charge in [0.25, 0.3) is 5.89 Å². The van der Waals surface area contributed by atoms with E-state index in [1.807, 2.05) is 0 Å². The van der Waals surface area contributed by atoms with Crippen molar-refractivity contribution >= 4 is 29.4 Å². The first kappa shape index (κ1) is 16.4. The molecule has 0 spiro atoms. The third kappa shape index (κ3) is 3.90. The van der Waals surface area contributed by atoms with E-state index in [0.717, 1.165) is 0 Å². The summed E-state index contributed by atoms with van der Waals surface area (Å²) in [4.78, 5) is 5.10. The summed E-state index contributed by atoms with van der Waals surface area (Å²) in [6.45, 7) is -0.0110. The van der Waals surface area contributed by atoms with Crippen molar-refractivity contribution in [3.63, 3.8) is 0 Å². The Morgan fingerprint density at radius 2 is 1.92 bits per heavy atom. The van der Waals surface area contributed by atoms with Crippen LogP contribution in [0.1, 0.15) is 11.5 Å². The van der Waals surface area contributed by atoms with Gasteiger partial charge >= 0.3 is 0 Å².